The predicted octanol–water partition coefficient (Wildman–Crippen LogP) is 7.72. The Bertz CT molecular complexity index is 1870. The van der Waals surface area contributed by atoms with Crippen molar-refractivity contribution in [2.45, 2.75) is 112 Å². The number of fused-ring (bicyclic) bond motifs is 10. The van der Waals surface area contributed by atoms with Gasteiger partial charge in [0.05, 0.1) is 25.6 Å². The van der Waals surface area contributed by atoms with E-state index in [0.29, 0.717) is 18.2 Å². The number of benzene rings is 1. The molecular formula is C45H61N3O3. The lowest BCUT2D eigenvalue weighted by atomic mass is 9.33. The maximum absolute atomic E-state index is 15.1. The number of ether oxygens (including phenoxy) is 1. The van der Waals surface area contributed by atoms with Crippen molar-refractivity contribution in [3.8, 4) is 11.8 Å². The number of nitrogens with one attached hydrogen (secondary N) is 1. The third-order valence-electron chi connectivity index (χ3n) is 16.5. The van der Waals surface area contributed by atoms with E-state index < -0.39 is 5.41 Å². The number of aromatic nitrogens is 1. The molecule has 1 aliphatic heterocycles. The summed E-state index contributed by atoms with van der Waals surface area (Å²) in [7, 11) is 1.52. The van der Waals surface area contributed by atoms with E-state index in [2.05, 4.69) is 105 Å². The highest BCUT2D eigenvalue weighted by molar-refractivity contribution is 5.96. The molecule has 0 radical (unpaired) electrons. The van der Waals surface area contributed by atoms with Gasteiger partial charge in [0.1, 0.15) is 0 Å². The number of rotatable bonds is 3. The number of nitrogens with zero attached hydrogens (tertiary/aromatic N) is 2. The first kappa shape index (κ1) is 35.2. The molecule has 6 aliphatic rings. The Kier molecular flexibility index (Phi) is 8.14. The van der Waals surface area contributed by atoms with Gasteiger partial charge >= 0.3 is 5.97 Å². The van der Waals surface area contributed by atoms with Crippen molar-refractivity contribution < 1.29 is 14.3 Å². The van der Waals surface area contributed by atoms with E-state index in [4.69, 9.17) is 4.74 Å². The number of esters is 1. The number of piperazine rings is 1. The first-order chi connectivity index (χ1) is 24.1. The second-order valence-corrected chi connectivity index (χ2v) is 19.5. The molecule has 51 heavy (non-hydrogen) atoms. The molecule has 2 heterocycles. The van der Waals surface area contributed by atoms with Gasteiger partial charge in [-0.25, -0.2) is 0 Å². The number of ketones is 1. The van der Waals surface area contributed by atoms with Crippen molar-refractivity contribution in [2.75, 3.05) is 39.8 Å². The molecule has 1 aromatic carbocycles. The summed E-state index contributed by atoms with van der Waals surface area (Å²) in [5, 5.41) is 4.78. The van der Waals surface area contributed by atoms with Crippen LogP contribution in [-0.2, 0) is 32.7 Å². The Morgan fingerprint density at radius 1 is 0.941 bits per heavy atom. The summed E-state index contributed by atoms with van der Waals surface area (Å²) in [6, 6.07) is 8.95. The summed E-state index contributed by atoms with van der Waals surface area (Å²) < 4.78 is 7.90. The standard InChI is InChI=1S/C45H61N3O3/c1-40(2)36-15-16-45(7)37(35(49)27-32-33-29-42(4,39(50)51-8)18-17-41(33,3)19-20-44(32,45)6)43(36,5)28-31-30-13-9-10-14-34(30)48(38(31)40)24-12-11-23-47-25-21-46-22-26-47/h9-10,13-14,27,33,36-37,46H,15-26,28-29H2,1-8H3/t33-,36-,37+,41+,42-,43-,44+,45+/m0/s1. The molecule has 1 N–H and O–H groups in total. The number of carbonyl (C=O) groups excluding carboxylic acids is 2. The number of para-hydroxylation sites is 1. The van der Waals surface area contributed by atoms with Crippen LogP contribution in [0.15, 0.2) is 35.9 Å². The van der Waals surface area contributed by atoms with Gasteiger partial charge in [0.25, 0.3) is 0 Å². The van der Waals surface area contributed by atoms with Gasteiger partial charge in [0.2, 0.25) is 0 Å². The van der Waals surface area contributed by atoms with Crippen molar-refractivity contribution in [2.24, 2.45) is 44.8 Å². The Morgan fingerprint density at radius 2 is 1.65 bits per heavy atom. The molecule has 0 spiro atoms. The van der Waals surface area contributed by atoms with E-state index in [0.717, 1.165) is 84.1 Å². The fourth-order valence-corrected chi connectivity index (χ4v) is 13.6. The van der Waals surface area contributed by atoms with Gasteiger partial charge < -0.3 is 14.6 Å². The summed E-state index contributed by atoms with van der Waals surface area (Å²) in [4.78, 5) is 30.7. The van der Waals surface area contributed by atoms with Gasteiger partial charge in [-0.1, -0.05) is 77.2 Å². The first-order valence-corrected chi connectivity index (χ1v) is 20.0. The quantitative estimate of drug-likeness (QED) is 0.264. The molecule has 4 fully saturated rings. The van der Waals surface area contributed by atoms with E-state index in [-0.39, 0.29) is 44.9 Å². The zero-order valence-corrected chi connectivity index (χ0v) is 32.6. The number of hydrogen-bond donors (Lipinski definition) is 1. The molecule has 8 rings (SSSR count). The average Bonchev–Trinajstić information content (AvgIpc) is 3.41. The highest BCUT2D eigenvalue weighted by Gasteiger charge is 2.70. The summed E-state index contributed by atoms with van der Waals surface area (Å²) in [5.74, 6) is 7.91. The third kappa shape index (κ3) is 4.89. The van der Waals surface area contributed by atoms with Gasteiger partial charge in [0.15, 0.2) is 5.78 Å². The largest absolute Gasteiger partial charge is 0.469 e. The van der Waals surface area contributed by atoms with Crippen LogP contribution >= 0.6 is 0 Å². The van der Waals surface area contributed by atoms with Gasteiger partial charge in [0, 0.05) is 54.1 Å². The van der Waals surface area contributed by atoms with Crippen molar-refractivity contribution in [1.82, 2.24) is 14.8 Å². The van der Waals surface area contributed by atoms with Gasteiger partial charge in [-0.15, -0.1) is 0 Å². The Labute approximate surface area is 306 Å². The van der Waals surface area contributed by atoms with E-state index in [1.54, 1.807) is 0 Å². The summed E-state index contributed by atoms with van der Waals surface area (Å²) in [5.41, 5.74) is 4.58. The SMILES string of the molecule is COC(=O)[C@@]1(C)CC[C@]2(C)CC[C@]3(C)C(=CC(=O)[C@@H]4[C@@]5(C)Cc6c(n(CC#CCN7CCNCC7)c7ccccc67)C(C)(C)[C@@H]5CC[C@]43C)[C@@H]2C1. The van der Waals surface area contributed by atoms with Crippen LogP contribution in [0.25, 0.3) is 10.9 Å². The summed E-state index contributed by atoms with van der Waals surface area (Å²) in [6.07, 6.45) is 10.1. The van der Waals surface area contributed by atoms with Gasteiger partial charge in [-0.2, -0.15) is 0 Å². The predicted molar refractivity (Wildman–Crippen MR) is 204 cm³/mol. The fraction of sp³-hybridized carbons (Fsp3) is 0.689. The lowest BCUT2D eigenvalue weighted by molar-refractivity contribution is -0.174. The molecule has 5 aliphatic carbocycles. The number of hydrogen-bond acceptors (Lipinski definition) is 5. The minimum absolute atomic E-state index is 0.0502. The Balaban J connectivity index is 1.19. The van der Waals surface area contributed by atoms with E-state index in [1.165, 1.54) is 34.8 Å². The molecular weight excluding hydrogens is 631 g/mol. The van der Waals surface area contributed by atoms with Crippen LogP contribution in [0.1, 0.15) is 105 Å². The van der Waals surface area contributed by atoms with Crippen LogP contribution < -0.4 is 5.32 Å². The first-order valence-electron chi connectivity index (χ1n) is 20.0. The zero-order valence-electron chi connectivity index (χ0n) is 32.6. The van der Waals surface area contributed by atoms with Crippen LogP contribution in [0.5, 0.6) is 0 Å². The molecule has 0 amide bonds. The van der Waals surface area contributed by atoms with E-state index >= 15 is 4.79 Å². The maximum Gasteiger partial charge on any atom is 0.311 e. The van der Waals surface area contributed by atoms with Crippen LogP contribution in [0.4, 0.5) is 0 Å². The summed E-state index contributed by atoms with van der Waals surface area (Å²) in [6.45, 7) is 22.7. The topological polar surface area (TPSA) is 63.6 Å². The average molecular weight is 692 g/mol. The van der Waals surface area contributed by atoms with E-state index in [1.807, 2.05) is 0 Å². The smallest absolute Gasteiger partial charge is 0.311 e. The van der Waals surface area contributed by atoms with Gasteiger partial charge in [-0.3, -0.25) is 14.5 Å². The Hall–Kier alpha value is -2.88. The Morgan fingerprint density at radius 3 is 2.39 bits per heavy atom. The number of methoxy groups -OCH3 is 1. The summed E-state index contributed by atoms with van der Waals surface area (Å²) >= 11 is 0. The highest BCUT2D eigenvalue weighted by Crippen LogP contribution is 2.75. The molecule has 1 aromatic heterocycles. The van der Waals surface area contributed by atoms with Crippen LogP contribution in [0.3, 0.4) is 0 Å². The molecule has 8 atom stereocenters. The zero-order chi connectivity index (χ0) is 36.2. The molecule has 2 aromatic rings. The molecule has 6 nitrogen and oxygen atoms in total. The highest BCUT2D eigenvalue weighted by atomic mass is 16.5. The number of carbonyl (C=O) groups is 2. The van der Waals surface area contributed by atoms with Crippen LogP contribution in [0.2, 0.25) is 0 Å². The van der Waals surface area contributed by atoms with Crippen molar-refractivity contribution in [3.63, 3.8) is 0 Å². The van der Waals surface area contributed by atoms with Crippen LogP contribution in [-0.4, -0.2) is 61.1 Å². The fourth-order valence-electron chi connectivity index (χ4n) is 13.6. The molecule has 274 valence electrons. The third-order valence-corrected chi connectivity index (χ3v) is 16.5. The number of allylic oxidation sites excluding steroid dienone is 2. The molecule has 0 bridgehead atoms. The normalized spacial score (nSPS) is 40.0. The molecule has 1 saturated heterocycles. The van der Waals surface area contributed by atoms with E-state index in [9.17, 15) is 4.79 Å². The second-order valence-electron chi connectivity index (χ2n) is 19.5. The van der Waals surface area contributed by atoms with Crippen molar-refractivity contribution >= 4 is 22.7 Å². The second kappa shape index (κ2) is 11.8. The lowest BCUT2D eigenvalue weighted by Crippen LogP contribution is -2.66. The minimum atomic E-state index is -0.504. The van der Waals surface area contributed by atoms with Gasteiger partial charge in [-0.05, 0) is 109 Å². The molecule has 0 unspecified atom stereocenters. The van der Waals surface area contributed by atoms with Crippen molar-refractivity contribution in [1.29, 1.82) is 0 Å². The molecule has 3 saturated carbocycles. The maximum atomic E-state index is 15.1. The minimum Gasteiger partial charge on any atom is -0.469 e. The van der Waals surface area contributed by atoms with Crippen LogP contribution in [0, 0.1) is 56.7 Å². The molecule has 6 heteroatoms. The lowest BCUT2D eigenvalue weighted by Gasteiger charge is -2.70. The van der Waals surface area contributed by atoms with Crippen molar-refractivity contribution in [3.05, 3.63) is 47.2 Å². The monoisotopic (exact) mass is 691 g/mol.